The molecule has 1 aliphatic rings. The molecule has 14 heavy (non-hydrogen) atoms. The van der Waals surface area contributed by atoms with Gasteiger partial charge in [-0.05, 0) is 24.3 Å². The van der Waals surface area contributed by atoms with Gasteiger partial charge in [0.05, 0.1) is 5.69 Å². The number of nitrogens with zero attached hydrogens (tertiary/aromatic N) is 2. The van der Waals surface area contributed by atoms with Gasteiger partial charge in [0.15, 0.2) is 0 Å². The Kier molecular flexibility index (Phi) is 2.26. The van der Waals surface area contributed by atoms with Crippen molar-refractivity contribution in [3.05, 3.63) is 24.3 Å². The van der Waals surface area contributed by atoms with Crippen molar-refractivity contribution in [1.29, 1.82) is 0 Å². The predicted molar refractivity (Wildman–Crippen MR) is 59.6 cm³/mol. The Hall–Kier alpha value is -1.71. The topological polar surface area (TPSA) is 53.6 Å². The number of amidine groups is 1. The summed E-state index contributed by atoms with van der Waals surface area (Å²) in [6.45, 7) is 0.880. The van der Waals surface area contributed by atoms with Gasteiger partial charge >= 0.3 is 0 Å². The van der Waals surface area contributed by atoms with E-state index in [4.69, 9.17) is 5.73 Å². The van der Waals surface area contributed by atoms with Crippen LogP contribution in [0.4, 0.5) is 11.4 Å². The number of anilines is 2. The minimum absolute atomic E-state index is 0.711. The number of hydrogen-bond acceptors (Lipinski definition) is 4. The SMILES string of the molecule is CNc1ccc(N2CCC(N)=N2)cc1. The van der Waals surface area contributed by atoms with Gasteiger partial charge in [-0.3, -0.25) is 5.01 Å². The van der Waals surface area contributed by atoms with E-state index in [1.54, 1.807) is 0 Å². The van der Waals surface area contributed by atoms with Gasteiger partial charge < -0.3 is 11.1 Å². The minimum Gasteiger partial charge on any atom is -0.388 e. The summed E-state index contributed by atoms with van der Waals surface area (Å²) in [5, 5.41) is 9.22. The first-order chi connectivity index (χ1) is 6.79. The van der Waals surface area contributed by atoms with E-state index in [1.165, 1.54) is 0 Å². The zero-order valence-corrected chi connectivity index (χ0v) is 8.20. The molecule has 0 spiro atoms. The first-order valence-electron chi connectivity index (χ1n) is 4.68. The highest BCUT2D eigenvalue weighted by molar-refractivity contribution is 5.84. The molecule has 0 unspecified atom stereocenters. The molecule has 1 heterocycles. The molecule has 0 fully saturated rings. The van der Waals surface area contributed by atoms with Crippen LogP contribution in [-0.4, -0.2) is 19.4 Å². The van der Waals surface area contributed by atoms with E-state index in [1.807, 2.05) is 36.3 Å². The van der Waals surface area contributed by atoms with E-state index >= 15 is 0 Å². The average Bonchev–Trinajstić information content (AvgIpc) is 2.65. The van der Waals surface area contributed by atoms with Crippen molar-refractivity contribution in [1.82, 2.24) is 0 Å². The predicted octanol–water partition coefficient (Wildman–Crippen LogP) is 1.21. The number of nitrogens with two attached hydrogens (primary N) is 1. The van der Waals surface area contributed by atoms with Crippen molar-refractivity contribution in [2.24, 2.45) is 10.8 Å². The molecule has 0 aromatic heterocycles. The lowest BCUT2D eigenvalue weighted by Crippen LogP contribution is -2.11. The third kappa shape index (κ3) is 1.64. The molecule has 2 rings (SSSR count). The number of hydrogen-bond donors (Lipinski definition) is 2. The number of benzene rings is 1. The Balaban J connectivity index is 2.17. The highest BCUT2D eigenvalue weighted by atomic mass is 15.5. The van der Waals surface area contributed by atoms with Crippen LogP contribution in [0.25, 0.3) is 0 Å². The van der Waals surface area contributed by atoms with Crippen LogP contribution in [0.15, 0.2) is 29.4 Å². The summed E-state index contributed by atoms with van der Waals surface area (Å²) in [7, 11) is 1.90. The third-order valence-corrected chi connectivity index (χ3v) is 2.28. The maximum absolute atomic E-state index is 5.61. The number of rotatable bonds is 2. The quantitative estimate of drug-likeness (QED) is 0.737. The summed E-state index contributed by atoms with van der Waals surface area (Å²) in [5.41, 5.74) is 7.80. The van der Waals surface area contributed by atoms with Gasteiger partial charge in [-0.15, -0.1) is 0 Å². The monoisotopic (exact) mass is 190 g/mol. The van der Waals surface area contributed by atoms with Crippen LogP contribution >= 0.6 is 0 Å². The standard InChI is InChI=1S/C10H14N4/c1-12-8-2-4-9(5-3-8)14-7-6-10(11)13-14/h2-5,12H,6-7H2,1H3,(H2,11,13). The third-order valence-electron chi connectivity index (χ3n) is 2.28. The van der Waals surface area contributed by atoms with Crippen LogP contribution in [-0.2, 0) is 0 Å². The van der Waals surface area contributed by atoms with Crippen molar-refractivity contribution < 1.29 is 0 Å². The molecule has 0 radical (unpaired) electrons. The van der Waals surface area contributed by atoms with Gasteiger partial charge in [0.1, 0.15) is 5.84 Å². The van der Waals surface area contributed by atoms with Gasteiger partial charge in [-0.25, -0.2) is 0 Å². The van der Waals surface area contributed by atoms with Crippen molar-refractivity contribution in [2.75, 3.05) is 23.9 Å². The van der Waals surface area contributed by atoms with Crippen LogP contribution in [0.2, 0.25) is 0 Å². The lowest BCUT2D eigenvalue weighted by molar-refractivity contribution is 0.922. The van der Waals surface area contributed by atoms with Crippen molar-refractivity contribution in [2.45, 2.75) is 6.42 Å². The fraction of sp³-hybridized carbons (Fsp3) is 0.300. The Morgan fingerprint density at radius 3 is 2.57 bits per heavy atom. The highest BCUT2D eigenvalue weighted by Crippen LogP contribution is 2.20. The van der Waals surface area contributed by atoms with Crippen molar-refractivity contribution in [3.8, 4) is 0 Å². The summed E-state index contributed by atoms with van der Waals surface area (Å²) in [6.07, 6.45) is 0.855. The highest BCUT2D eigenvalue weighted by Gasteiger charge is 2.12. The van der Waals surface area contributed by atoms with Gasteiger partial charge in [-0.1, -0.05) is 0 Å². The van der Waals surface area contributed by atoms with Gasteiger partial charge in [-0.2, -0.15) is 5.10 Å². The molecule has 4 nitrogen and oxygen atoms in total. The Morgan fingerprint density at radius 1 is 1.36 bits per heavy atom. The molecule has 4 heteroatoms. The molecule has 3 N–H and O–H groups in total. The smallest absolute Gasteiger partial charge is 0.122 e. The van der Waals surface area contributed by atoms with E-state index in [2.05, 4.69) is 10.4 Å². The molecule has 74 valence electrons. The molecule has 0 amide bonds. The maximum Gasteiger partial charge on any atom is 0.122 e. The van der Waals surface area contributed by atoms with Gasteiger partial charge in [0.2, 0.25) is 0 Å². The zero-order valence-electron chi connectivity index (χ0n) is 8.20. The normalized spacial score (nSPS) is 15.5. The summed E-state index contributed by atoms with van der Waals surface area (Å²) in [6, 6.07) is 8.13. The molecule has 0 atom stereocenters. The van der Waals surface area contributed by atoms with Gasteiger partial charge in [0.25, 0.3) is 0 Å². The van der Waals surface area contributed by atoms with Crippen LogP contribution in [0.3, 0.4) is 0 Å². The Labute approximate surface area is 83.4 Å². The number of hydrazone groups is 1. The fourth-order valence-corrected chi connectivity index (χ4v) is 1.46. The molecular weight excluding hydrogens is 176 g/mol. The second-order valence-electron chi connectivity index (χ2n) is 3.26. The summed E-state index contributed by atoms with van der Waals surface area (Å²) < 4.78 is 0. The first-order valence-corrected chi connectivity index (χ1v) is 4.68. The maximum atomic E-state index is 5.61. The summed E-state index contributed by atoms with van der Waals surface area (Å²) >= 11 is 0. The molecule has 0 saturated heterocycles. The van der Waals surface area contributed by atoms with Crippen molar-refractivity contribution >= 4 is 17.2 Å². The number of nitrogens with one attached hydrogen (secondary N) is 1. The van der Waals surface area contributed by atoms with Gasteiger partial charge in [0, 0.05) is 25.7 Å². The van der Waals surface area contributed by atoms with E-state index in [0.717, 1.165) is 24.3 Å². The van der Waals surface area contributed by atoms with Crippen LogP contribution in [0, 0.1) is 0 Å². The van der Waals surface area contributed by atoms with E-state index in [9.17, 15) is 0 Å². The molecule has 1 aromatic rings. The van der Waals surface area contributed by atoms with Crippen molar-refractivity contribution in [3.63, 3.8) is 0 Å². The van der Waals surface area contributed by atoms with Crippen LogP contribution in [0.5, 0.6) is 0 Å². The zero-order chi connectivity index (χ0) is 9.97. The van der Waals surface area contributed by atoms with E-state index in [-0.39, 0.29) is 0 Å². The summed E-state index contributed by atoms with van der Waals surface area (Å²) in [4.78, 5) is 0. The summed E-state index contributed by atoms with van der Waals surface area (Å²) in [5.74, 6) is 0.711. The first kappa shape index (κ1) is 8.87. The minimum atomic E-state index is 0.711. The Bertz CT molecular complexity index is 342. The second-order valence-corrected chi connectivity index (χ2v) is 3.26. The van der Waals surface area contributed by atoms with Crippen LogP contribution in [0.1, 0.15) is 6.42 Å². The second kappa shape index (κ2) is 3.57. The lowest BCUT2D eigenvalue weighted by atomic mass is 10.2. The van der Waals surface area contributed by atoms with E-state index < -0.39 is 0 Å². The molecule has 0 bridgehead atoms. The molecule has 1 aromatic carbocycles. The molecular formula is C10H14N4. The fourth-order valence-electron chi connectivity index (χ4n) is 1.46. The largest absolute Gasteiger partial charge is 0.388 e. The molecule has 1 aliphatic heterocycles. The molecule has 0 saturated carbocycles. The van der Waals surface area contributed by atoms with Crippen LogP contribution < -0.4 is 16.1 Å². The average molecular weight is 190 g/mol. The lowest BCUT2D eigenvalue weighted by Gasteiger charge is -2.13. The van der Waals surface area contributed by atoms with E-state index in [0.29, 0.717) is 5.84 Å². The molecule has 0 aliphatic carbocycles. The Morgan fingerprint density at radius 2 is 2.07 bits per heavy atom.